The first-order valence-corrected chi connectivity index (χ1v) is 9.69. The normalized spacial score (nSPS) is 14.0. The van der Waals surface area contributed by atoms with Crippen molar-refractivity contribution in [3.63, 3.8) is 0 Å². The van der Waals surface area contributed by atoms with E-state index in [-0.39, 0.29) is 11.7 Å². The fraction of sp³-hybridized carbons (Fsp3) is 0.217. The Hall–Kier alpha value is -3.41. The predicted octanol–water partition coefficient (Wildman–Crippen LogP) is 4.11. The molecule has 3 aromatic rings. The molecule has 6 heteroatoms. The Morgan fingerprint density at radius 1 is 0.966 bits per heavy atom. The molecule has 0 radical (unpaired) electrons. The Morgan fingerprint density at radius 3 is 2.41 bits per heavy atom. The van der Waals surface area contributed by atoms with E-state index in [1.165, 1.54) is 6.07 Å². The van der Waals surface area contributed by atoms with Gasteiger partial charge in [-0.3, -0.25) is 4.79 Å². The summed E-state index contributed by atoms with van der Waals surface area (Å²) in [7, 11) is 0. The van der Waals surface area contributed by atoms with Crippen molar-refractivity contribution in [3.8, 4) is 0 Å². The zero-order chi connectivity index (χ0) is 20.2. The molecule has 4 rings (SSSR count). The van der Waals surface area contributed by atoms with Crippen LogP contribution in [0.15, 0.2) is 66.9 Å². The highest BCUT2D eigenvalue weighted by Crippen LogP contribution is 2.22. The highest BCUT2D eigenvalue weighted by molar-refractivity contribution is 6.04. The molecule has 1 aliphatic rings. The maximum absolute atomic E-state index is 14.0. The lowest BCUT2D eigenvalue weighted by Gasteiger charge is -2.36. The van der Waals surface area contributed by atoms with Crippen molar-refractivity contribution in [1.82, 2.24) is 4.98 Å². The number of hydrogen-bond donors (Lipinski definition) is 1. The summed E-state index contributed by atoms with van der Waals surface area (Å²) in [5.41, 5.74) is 3.01. The Labute approximate surface area is 169 Å². The van der Waals surface area contributed by atoms with E-state index in [9.17, 15) is 9.18 Å². The molecule has 0 unspecified atom stereocenters. The molecule has 1 saturated heterocycles. The van der Waals surface area contributed by atoms with Crippen molar-refractivity contribution in [2.75, 3.05) is 41.3 Å². The number of nitrogens with zero attached hydrogens (tertiary/aromatic N) is 3. The van der Waals surface area contributed by atoms with Crippen molar-refractivity contribution >= 4 is 23.1 Å². The minimum Gasteiger partial charge on any atom is -0.366 e. The SMILES string of the molecule is Cc1cccc(NC(=O)c2ccc(N3CCN(c4ccccc4F)CC3)nc2)c1. The Bertz CT molecular complexity index is 998. The van der Waals surface area contributed by atoms with Gasteiger partial charge in [-0.25, -0.2) is 9.37 Å². The van der Waals surface area contributed by atoms with Crippen LogP contribution < -0.4 is 15.1 Å². The molecule has 1 aliphatic heterocycles. The maximum Gasteiger partial charge on any atom is 0.257 e. The summed E-state index contributed by atoms with van der Waals surface area (Å²) in [5, 5.41) is 2.89. The number of anilines is 3. The minimum absolute atomic E-state index is 0.181. The summed E-state index contributed by atoms with van der Waals surface area (Å²) in [4.78, 5) is 21.1. The zero-order valence-electron chi connectivity index (χ0n) is 16.3. The van der Waals surface area contributed by atoms with Gasteiger partial charge in [-0.05, 0) is 48.9 Å². The number of halogens is 1. The van der Waals surface area contributed by atoms with Gasteiger partial charge in [0.05, 0.1) is 11.3 Å². The smallest absolute Gasteiger partial charge is 0.257 e. The summed E-state index contributed by atoms with van der Waals surface area (Å²) in [6, 6.07) is 18.2. The number of rotatable bonds is 4. The molecular formula is C23H23FN4O. The predicted molar refractivity (Wildman–Crippen MR) is 114 cm³/mol. The van der Waals surface area contributed by atoms with Gasteiger partial charge in [-0.15, -0.1) is 0 Å². The number of carbonyl (C=O) groups is 1. The molecule has 1 amide bonds. The Morgan fingerprint density at radius 2 is 1.72 bits per heavy atom. The quantitative estimate of drug-likeness (QED) is 0.728. The number of aryl methyl sites for hydroxylation is 1. The van der Waals surface area contributed by atoms with E-state index in [4.69, 9.17) is 0 Å². The lowest BCUT2D eigenvalue weighted by Crippen LogP contribution is -2.47. The molecule has 29 heavy (non-hydrogen) atoms. The van der Waals surface area contributed by atoms with E-state index in [0.29, 0.717) is 11.3 Å². The number of nitrogens with one attached hydrogen (secondary N) is 1. The molecule has 1 fully saturated rings. The van der Waals surface area contributed by atoms with Crippen LogP contribution >= 0.6 is 0 Å². The maximum atomic E-state index is 14.0. The van der Waals surface area contributed by atoms with E-state index in [1.54, 1.807) is 18.3 Å². The average Bonchev–Trinajstić information content (AvgIpc) is 2.74. The van der Waals surface area contributed by atoms with E-state index in [0.717, 1.165) is 43.2 Å². The minimum atomic E-state index is -0.192. The molecule has 2 heterocycles. The molecule has 0 spiro atoms. The summed E-state index contributed by atoms with van der Waals surface area (Å²) < 4.78 is 14.0. The van der Waals surface area contributed by atoms with Crippen LogP contribution in [0.1, 0.15) is 15.9 Å². The van der Waals surface area contributed by atoms with Crippen LogP contribution in [0.3, 0.4) is 0 Å². The summed E-state index contributed by atoms with van der Waals surface area (Å²) in [5.74, 6) is 0.451. The van der Waals surface area contributed by atoms with Gasteiger partial charge in [-0.1, -0.05) is 24.3 Å². The van der Waals surface area contributed by atoms with E-state index >= 15 is 0 Å². The number of carbonyl (C=O) groups excluding carboxylic acids is 1. The van der Waals surface area contributed by atoms with Crippen molar-refractivity contribution in [1.29, 1.82) is 0 Å². The molecule has 0 aliphatic carbocycles. The molecular weight excluding hydrogens is 367 g/mol. The first-order chi connectivity index (χ1) is 14.1. The van der Waals surface area contributed by atoms with Crippen molar-refractivity contribution < 1.29 is 9.18 Å². The van der Waals surface area contributed by atoms with Crippen LogP contribution in [0.25, 0.3) is 0 Å². The molecule has 0 bridgehead atoms. The van der Waals surface area contributed by atoms with Crippen molar-refractivity contribution in [3.05, 3.63) is 83.8 Å². The van der Waals surface area contributed by atoms with Gasteiger partial charge in [0.25, 0.3) is 5.91 Å². The van der Waals surface area contributed by atoms with Crippen LogP contribution in [0, 0.1) is 12.7 Å². The van der Waals surface area contributed by atoms with Gasteiger partial charge >= 0.3 is 0 Å². The van der Waals surface area contributed by atoms with Gasteiger partial charge in [0.15, 0.2) is 0 Å². The number of piperazine rings is 1. The first-order valence-electron chi connectivity index (χ1n) is 9.69. The third-order valence-electron chi connectivity index (χ3n) is 5.08. The largest absolute Gasteiger partial charge is 0.366 e. The van der Waals surface area contributed by atoms with Crippen LogP contribution in [0.4, 0.5) is 21.6 Å². The summed E-state index contributed by atoms with van der Waals surface area (Å²) in [6.07, 6.45) is 1.60. The molecule has 0 saturated carbocycles. The second-order valence-corrected chi connectivity index (χ2v) is 7.15. The highest BCUT2D eigenvalue weighted by atomic mass is 19.1. The second-order valence-electron chi connectivity index (χ2n) is 7.15. The number of amides is 1. The van der Waals surface area contributed by atoms with E-state index < -0.39 is 0 Å². The lowest BCUT2D eigenvalue weighted by atomic mass is 10.2. The third-order valence-corrected chi connectivity index (χ3v) is 5.08. The summed E-state index contributed by atoms with van der Waals surface area (Å²) in [6.45, 7) is 4.92. The Balaban J connectivity index is 1.37. The Kier molecular flexibility index (Phi) is 5.42. The van der Waals surface area contributed by atoms with Crippen LogP contribution in [-0.4, -0.2) is 37.1 Å². The molecule has 1 aromatic heterocycles. The number of pyridine rings is 1. The number of aromatic nitrogens is 1. The second kappa shape index (κ2) is 8.31. The molecule has 0 atom stereocenters. The van der Waals surface area contributed by atoms with E-state index in [1.807, 2.05) is 49.4 Å². The third kappa shape index (κ3) is 4.37. The van der Waals surface area contributed by atoms with Crippen LogP contribution in [0.5, 0.6) is 0 Å². The topological polar surface area (TPSA) is 48.5 Å². The highest BCUT2D eigenvalue weighted by Gasteiger charge is 2.20. The van der Waals surface area contributed by atoms with Crippen LogP contribution in [-0.2, 0) is 0 Å². The molecule has 1 N–H and O–H groups in total. The molecule has 2 aromatic carbocycles. The zero-order valence-corrected chi connectivity index (χ0v) is 16.3. The van der Waals surface area contributed by atoms with E-state index in [2.05, 4.69) is 20.1 Å². The number of para-hydroxylation sites is 1. The van der Waals surface area contributed by atoms with Crippen LogP contribution in [0.2, 0.25) is 0 Å². The standard InChI is InChI=1S/C23H23FN4O/c1-17-5-4-6-19(15-17)26-23(29)18-9-10-22(25-16-18)28-13-11-27(12-14-28)21-8-3-2-7-20(21)24/h2-10,15-16H,11-14H2,1H3,(H,26,29). The van der Waals surface area contributed by atoms with Gasteiger partial charge < -0.3 is 15.1 Å². The summed E-state index contributed by atoms with van der Waals surface area (Å²) >= 11 is 0. The van der Waals surface area contributed by atoms with Gasteiger partial charge in [0.1, 0.15) is 11.6 Å². The van der Waals surface area contributed by atoms with Crippen molar-refractivity contribution in [2.45, 2.75) is 6.92 Å². The number of hydrogen-bond acceptors (Lipinski definition) is 4. The monoisotopic (exact) mass is 390 g/mol. The first kappa shape index (κ1) is 18.9. The molecule has 5 nitrogen and oxygen atoms in total. The fourth-order valence-electron chi connectivity index (χ4n) is 3.52. The van der Waals surface area contributed by atoms with Gasteiger partial charge in [0, 0.05) is 38.1 Å². The lowest BCUT2D eigenvalue weighted by molar-refractivity contribution is 0.102. The van der Waals surface area contributed by atoms with Gasteiger partial charge in [-0.2, -0.15) is 0 Å². The number of benzene rings is 2. The fourth-order valence-corrected chi connectivity index (χ4v) is 3.52. The van der Waals surface area contributed by atoms with Crippen molar-refractivity contribution in [2.24, 2.45) is 0 Å². The molecule has 148 valence electrons. The average molecular weight is 390 g/mol. The van der Waals surface area contributed by atoms with Gasteiger partial charge in [0.2, 0.25) is 0 Å².